The van der Waals surface area contributed by atoms with E-state index in [0.29, 0.717) is 23.6 Å². The van der Waals surface area contributed by atoms with E-state index in [1.807, 2.05) is 0 Å². The molecule has 2 unspecified atom stereocenters. The first-order valence-corrected chi connectivity index (χ1v) is 9.02. The van der Waals surface area contributed by atoms with Crippen molar-refractivity contribution < 1.29 is 4.74 Å². The van der Waals surface area contributed by atoms with E-state index in [0.717, 1.165) is 24.5 Å². The van der Waals surface area contributed by atoms with E-state index >= 15 is 0 Å². The zero-order valence-electron chi connectivity index (χ0n) is 13.8. The van der Waals surface area contributed by atoms with Crippen LogP contribution in [-0.2, 0) is 4.74 Å². The Kier molecular flexibility index (Phi) is 2.95. The first-order valence-electron chi connectivity index (χ1n) is 9.02. The Morgan fingerprint density at radius 1 is 1.26 bits per heavy atom. The zero-order chi connectivity index (χ0) is 15.6. The quantitative estimate of drug-likeness (QED) is 0.897. The summed E-state index contributed by atoms with van der Waals surface area (Å²) in [4.78, 5) is 7.15. The molecule has 3 heterocycles. The molecular weight excluding hydrogens is 288 g/mol. The van der Waals surface area contributed by atoms with Gasteiger partial charge < -0.3 is 20.7 Å². The number of pyridine rings is 1. The minimum atomic E-state index is 0.250. The summed E-state index contributed by atoms with van der Waals surface area (Å²) in [7, 11) is 0. The summed E-state index contributed by atoms with van der Waals surface area (Å²) < 4.78 is 5.91. The summed E-state index contributed by atoms with van der Waals surface area (Å²) in [6.45, 7) is 3.10. The van der Waals surface area contributed by atoms with E-state index in [9.17, 15) is 0 Å². The van der Waals surface area contributed by atoms with Crippen molar-refractivity contribution >= 4 is 11.5 Å². The Labute approximate surface area is 137 Å². The molecule has 5 nitrogen and oxygen atoms in total. The van der Waals surface area contributed by atoms with Crippen LogP contribution in [0.1, 0.15) is 44.2 Å². The highest BCUT2D eigenvalue weighted by Gasteiger charge is 2.51. The molecule has 2 atom stereocenters. The first kappa shape index (κ1) is 14.1. The Bertz CT molecular complexity index is 619. The number of piperidine rings is 1. The Hall–Kier alpha value is -1.33. The predicted octanol–water partition coefficient (Wildman–Crippen LogP) is 2.40. The van der Waals surface area contributed by atoms with Crippen LogP contribution >= 0.6 is 0 Å². The maximum atomic E-state index is 5.94. The molecule has 0 aromatic carbocycles. The number of ether oxygens (including phenoxy) is 1. The maximum absolute atomic E-state index is 5.94. The lowest BCUT2D eigenvalue weighted by Crippen LogP contribution is -2.57. The molecule has 1 aromatic heterocycles. The lowest BCUT2D eigenvalue weighted by molar-refractivity contribution is 0.00118. The van der Waals surface area contributed by atoms with Crippen molar-refractivity contribution in [3.8, 4) is 0 Å². The number of hydrogen-bond donors (Lipinski definition) is 2. The summed E-state index contributed by atoms with van der Waals surface area (Å²) in [5.41, 5.74) is 8.79. The van der Waals surface area contributed by atoms with Gasteiger partial charge in [-0.25, -0.2) is 4.98 Å². The van der Waals surface area contributed by atoms with Gasteiger partial charge in [-0.15, -0.1) is 0 Å². The van der Waals surface area contributed by atoms with Crippen LogP contribution in [0.25, 0.3) is 0 Å². The normalized spacial score (nSPS) is 41.0. The fourth-order valence-corrected chi connectivity index (χ4v) is 5.18. The topological polar surface area (TPSA) is 63.4 Å². The molecule has 1 aromatic rings. The van der Waals surface area contributed by atoms with E-state index in [1.165, 1.54) is 37.8 Å². The number of rotatable bonds is 3. The van der Waals surface area contributed by atoms with Crippen molar-refractivity contribution in [2.75, 3.05) is 16.8 Å². The van der Waals surface area contributed by atoms with Crippen LogP contribution in [0.5, 0.6) is 0 Å². The van der Waals surface area contributed by atoms with Crippen LogP contribution in [0.2, 0.25) is 0 Å². The molecule has 2 aliphatic carbocycles. The van der Waals surface area contributed by atoms with Gasteiger partial charge in [-0.05, 0) is 63.0 Å². The predicted molar refractivity (Wildman–Crippen MR) is 90.5 cm³/mol. The molecule has 2 saturated heterocycles. The molecule has 4 fully saturated rings. The summed E-state index contributed by atoms with van der Waals surface area (Å²) >= 11 is 0. The molecule has 2 saturated carbocycles. The largest absolute Gasteiger partial charge is 0.381 e. The molecule has 3 N–H and O–H groups in total. The standard InChI is InChI=1S/C18H26N4O/c1-11-15(21-13-8-18(9-13)6-12(19)7-18)3-4-16(20-11)22-10-14-2-5-17(22)23-14/h3-4,12-14,17,21H,2,5-10,19H2,1H3. The highest BCUT2D eigenvalue weighted by Crippen LogP contribution is 2.55. The van der Waals surface area contributed by atoms with Crippen molar-refractivity contribution in [3.63, 3.8) is 0 Å². The molecule has 0 radical (unpaired) electrons. The summed E-state index contributed by atoms with van der Waals surface area (Å²) in [6.07, 6.45) is 7.99. The molecule has 4 aliphatic rings. The van der Waals surface area contributed by atoms with Crippen LogP contribution in [0.4, 0.5) is 11.5 Å². The molecule has 0 amide bonds. The minimum Gasteiger partial charge on any atom is -0.381 e. The third-order valence-electron chi connectivity index (χ3n) is 6.31. The molecular formula is C18H26N4O. The number of nitrogens with zero attached hydrogens (tertiary/aromatic N) is 2. The van der Waals surface area contributed by atoms with Gasteiger partial charge in [-0.3, -0.25) is 0 Å². The van der Waals surface area contributed by atoms with Gasteiger partial charge >= 0.3 is 0 Å². The molecule has 5 heteroatoms. The van der Waals surface area contributed by atoms with Crippen LogP contribution < -0.4 is 16.0 Å². The average molecular weight is 314 g/mol. The Balaban J connectivity index is 1.24. The maximum Gasteiger partial charge on any atom is 0.131 e. The number of hydrogen-bond acceptors (Lipinski definition) is 5. The van der Waals surface area contributed by atoms with Crippen LogP contribution in [-0.4, -0.2) is 35.9 Å². The number of nitrogens with two attached hydrogens (primary N) is 1. The van der Waals surface area contributed by atoms with E-state index in [4.69, 9.17) is 15.5 Å². The number of fused-ring (bicyclic) bond motifs is 2. The van der Waals surface area contributed by atoms with Crippen molar-refractivity contribution in [2.45, 2.75) is 69.9 Å². The van der Waals surface area contributed by atoms with Gasteiger partial charge in [0.05, 0.1) is 17.5 Å². The third kappa shape index (κ3) is 2.24. The zero-order valence-corrected chi connectivity index (χ0v) is 13.8. The minimum absolute atomic E-state index is 0.250. The van der Waals surface area contributed by atoms with E-state index in [-0.39, 0.29) is 6.23 Å². The number of anilines is 2. The van der Waals surface area contributed by atoms with Crippen LogP contribution in [0.15, 0.2) is 12.1 Å². The second-order valence-electron chi connectivity index (χ2n) is 8.16. The molecule has 124 valence electrons. The number of aromatic nitrogens is 1. The fourth-order valence-electron chi connectivity index (χ4n) is 5.18. The number of nitrogens with one attached hydrogen (secondary N) is 1. The van der Waals surface area contributed by atoms with Crippen LogP contribution in [0, 0.1) is 12.3 Å². The molecule has 1 spiro atoms. The Morgan fingerprint density at radius 2 is 2.09 bits per heavy atom. The highest BCUT2D eigenvalue weighted by atomic mass is 16.5. The summed E-state index contributed by atoms with van der Waals surface area (Å²) in [5, 5.41) is 3.68. The van der Waals surface area contributed by atoms with Gasteiger partial charge in [0.2, 0.25) is 0 Å². The Morgan fingerprint density at radius 3 is 2.70 bits per heavy atom. The first-order chi connectivity index (χ1) is 11.1. The molecule has 23 heavy (non-hydrogen) atoms. The van der Waals surface area contributed by atoms with E-state index in [1.54, 1.807) is 0 Å². The number of aryl methyl sites for hydroxylation is 1. The van der Waals surface area contributed by atoms with Crippen LogP contribution in [0.3, 0.4) is 0 Å². The molecule has 5 rings (SSSR count). The lowest BCUT2D eigenvalue weighted by atomic mass is 9.52. The van der Waals surface area contributed by atoms with Gasteiger partial charge in [0, 0.05) is 18.6 Å². The van der Waals surface area contributed by atoms with E-state index < -0.39 is 0 Å². The second kappa shape index (κ2) is 4.84. The highest BCUT2D eigenvalue weighted by molar-refractivity contribution is 5.55. The fraction of sp³-hybridized carbons (Fsp3) is 0.722. The monoisotopic (exact) mass is 314 g/mol. The average Bonchev–Trinajstić information content (AvgIpc) is 3.08. The summed E-state index contributed by atoms with van der Waals surface area (Å²) in [5.74, 6) is 1.07. The molecule has 2 bridgehead atoms. The second-order valence-corrected chi connectivity index (χ2v) is 8.16. The summed E-state index contributed by atoms with van der Waals surface area (Å²) in [6, 6.07) is 5.39. The molecule has 2 aliphatic heterocycles. The van der Waals surface area contributed by atoms with Gasteiger partial charge in [0.25, 0.3) is 0 Å². The third-order valence-corrected chi connectivity index (χ3v) is 6.31. The van der Waals surface area contributed by atoms with Gasteiger partial charge in [0.1, 0.15) is 12.0 Å². The van der Waals surface area contributed by atoms with E-state index in [2.05, 4.69) is 29.3 Å². The van der Waals surface area contributed by atoms with Gasteiger partial charge in [-0.2, -0.15) is 0 Å². The van der Waals surface area contributed by atoms with Gasteiger partial charge in [0.15, 0.2) is 0 Å². The van der Waals surface area contributed by atoms with Crippen molar-refractivity contribution in [3.05, 3.63) is 17.8 Å². The van der Waals surface area contributed by atoms with Gasteiger partial charge in [-0.1, -0.05) is 0 Å². The van der Waals surface area contributed by atoms with Crippen molar-refractivity contribution in [2.24, 2.45) is 11.1 Å². The van der Waals surface area contributed by atoms with Crippen molar-refractivity contribution in [1.82, 2.24) is 4.98 Å². The van der Waals surface area contributed by atoms with Crippen molar-refractivity contribution in [1.29, 1.82) is 0 Å². The smallest absolute Gasteiger partial charge is 0.131 e. The SMILES string of the molecule is Cc1nc(N2CC3CCC2O3)ccc1NC1CC2(CC(N)C2)C1. The lowest BCUT2D eigenvalue weighted by Gasteiger charge is -2.57.